The molecule has 3 rings (SSSR count). The van der Waals surface area contributed by atoms with Gasteiger partial charge in [0.15, 0.2) is 5.43 Å². The summed E-state index contributed by atoms with van der Waals surface area (Å²) in [5, 5.41) is 3.98. The van der Waals surface area contributed by atoms with Crippen molar-refractivity contribution in [1.82, 2.24) is 4.98 Å². The van der Waals surface area contributed by atoms with Crippen molar-refractivity contribution in [3.05, 3.63) is 86.5 Å². The Bertz CT molecular complexity index is 854. The predicted octanol–water partition coefficient (Wildman–Crippen LogP) is 3.59. The highest BCUT2D eigenvalue weighted by atomic mass is 32.1. The lowest BCUT2D eigenvalue weighted by molar-refractivity contribution is 0.0984. The molecule has 0 unspecified atom stereocenters. The Morgan fingerprint density at radius 3 is 2.65 bits per heavy atom. The zero-order valence-electron chi connectivity index (χ0n) is 12.7. The summed E-state index contributed by atoms with van der Waals surface area (Å²) < 4.78 is 0. The maximum atomic E-state index is 12.9. The minimum atomic E-state index is -0.302. The third kappa shape index (κ3) is 3.40. The quantitative estimate of drug-likeness (QED) is 0.797. The van der Waals surface area contributed by atoms with Crippen LogP contribution in [0.1, 0.15) is 21.6 Å². The largest absolute Gasteiger partial charge is 0.364 e. The smallest absolute Gasteiger partial charge is 0.264 e. The lowest BCUT2D eigenvalue weighted by Gasteiger charge is -2.22. The molecule has 0 atom stereocenters. The maximum absolute atomic E-state index is 12.9. The number of hydrogen-bond donors (Lipinski definition) is 1. The number of carbonyl (C=O) groups is 1. The highest BCUT2D eigenvalue weighted by Gasteiger charge is 2.20. The van der Waals surface area contributed by atoms with Gasteiger partial charge in [-0.15, -0.1) is 0 Å². The number of pyridine rings is 1. The first-order chi connectivity index (χ1) is 11.1. The summed E-state index contributed by atoms with van der Waals surface area (Å²) in [6.45, 7) is 2.22. The molecular formula is C18H16N2O2S. The summed E-state index contributed by atoms with van der Waals surface area (Å²) in [6, 6.07) is 12.8. The van der Waals surface area contributed by atoms with Gasteiger partial charge in [0.05, 0.1) is 6.54 Å². The number of aromatic amines is 1. The van der Waals surface area contributed by atoms with Crippen LogP contribution in [0.5, 0.6) is 0 Å². The van der Waals surface area contributed by atoms with E-state index >= 15 is 0 Å². The Kier molecular flexibility index (Phi) is 4.39. The van der Waals surface area contributed by atoms with Crippen LogP contribution < -0.4 is 10.3 Å². The van der Waals surface area contributed by atoms with Crippen molar-refractivity contribution < 1.29 is 4.79 Å². The second kappa shape index (κ2) is 6.62. The van der Waals surface area contributed by atoms with Gasteiger partial charge in [0.25, 0.3) is 5.91 Å². The number of aryl methyl sites for hydroxylation is 1. The number of benzene rings is 1. The molecule has 1 amide bonds. The first-order valence-electron chi connectivity index (χ1n) is 7.22. The summed E-state index contributed by atoms with van der Waals surface area (Å²) >= 11 is 1.58. The van der Waals surface area contributed by atoms with E-state index in [1.54, 1.807) is 23.2 Å². The molecule has 23 heavy (non-hydrogen) atoms. The van der Waals surface area contributed by atoms with E-state index in [0.717, 1.165) is 16.9 Å². The highest BCUT2D eigenvalue weighted by molar-refractivity contribution is 7.07. The molecule has 4 nitrogen and oxygen atoms in total. The third-order valence-corrected chi connectivity index (χ3v) is 4.25. The van der Waals surface area contributed by atoms with E-state index in [1.807, 2.05) is 47.2 Å². The molecule has 2 aromatic heterocycles. The van der Waals surface area contributed by atoms with Gasteiger partial charge in [-0.25, -0.2) is 0 Å². The van der Waals surface area contributed by atoms with Gasteiger partial charge < -0.3 is 9.88 Å². The fraction of sp³-hybridized carbons (Fsp3) is 0.111. The molecule has 1 N–H and O–H groups in total. The van der Waals surface area contributed by atoms with Crippen molar-refractivity contribution in [1.29, 1.82) is 0 Å². The standard InChI is InChI=1S/C18H16N2O2S/c1-13-9-17(21)16(10-19-13)18(22)20(11-14-7-8-23-12-14)15-5-3-2-4-6-15/h2-10,12H,11H2,1H3,(H,19,21). The lowest BCUT2D eigenvalue weighted by Crippen LogP contribution is -2.33. The maximum Gasteiger partial charge on any atom is 0.264 e. The molecule has 0 aliphatic carbocycles. The minimum Gasteiger partial charge on any atom is -0.364 e. The second-order valence-electron chi connectivity index (χ2n) is 5.25. The molecule has 0 saturated carbocycles. The molecule has 0 aliphatic heterocycles. The minimum absolute atomic E-state index is 0.148. The number of nitrogens with one attached hydrogen (secondary N) is 1. The number of aromatic nitrogens is 1. The van der Waals surface area contributed by atoms with Crippen molar-refractivity contribution in [2.75, 3.05) is 4.90 Å². The highest BCUT2D eigenvalue weighted by Crippen LogP contribution is 2.20. The number of anilines is 1. The fourth-order valence-electron chi connectivity index (χ4n) is 2.34. The molecular weight excluding hydrogens is 308 g/mol. The van der Waals surface area contributed by atoms with Gasteiger partial charge in [0.1, 0.15) is 5.56 Å². The number of para-hydroxylation sites is 1. The van der Waals surface area contributed by atoms with Crippen LogP contribution in [0, 0.1) is 6.92 Å². The SMILES string of the molecule is Cc1cc(=O)c(C(=O)N(Cc2ccsc2)c2ccccc2)c[nH]1. The summed E-state index contributed by atoms with van der Waals surface area (Å²) in [5.74, 6) is -0.302. The molecule has 0 fully saturated rings. The van der Waals surface area contributed by atoms with E-state index in [0.29, 0.717) is 6.54 Å². The van der Waals surface area contributed by atoms with Crippen LogP contribution >= 0.6 is 11.3 Å². The topological polar surface area (TPSA) is 53.2 Å². The first kappa shape index (κ1) is 15.2. The van der Waals surface area contributed by atoms with Gasteiger partial charge in [-0.2, -0.15) is 11.3 Å². The van der Waals surface area contributed by atoms with Crippen LogP contribution in [-0.2, 0) is 6.54 Å². The van der Waals surface area contributed by atoms with Gasteiger partial charge >= 0.3 is 0 Å². The molecule has 0 radical (unpaired) electrons. The molecule has 0 spiro atoms. The van der Waals surface area contributed by atoms with E-state index in [4.69, 9.17) is 0 Å². The fourth-order valence-corrected chi connectivity index (χ4v) is 3.00. The number of thiophene rings is 1. The average molecular weight is 324 g/mol. The van der Waals surface area contributed by atoms with Crippen LogP contribution in [-0.4, -0.2) is 10.9 Å². The Morgan fingerprint density at radius 1 is 1.22 bits per heavy atom. The molecule has 1 aromatic carbocycles. The zero-order chi connectivity index (χ0) is 16.2. The lowest BCUT2D eigenvalue weighted by atomic mass is 10.1. The summed E-state index contributed by atoms with van der Waals surface area (Å²) in [6.07, 6.45) is 1.49. The average Bonchev–Trinajstić information content (AvgIpc) is 3.06. The number of carbonyl (C=O) groups excluding carboxylic acids is 1. The zero-order valence-corrected chi connectivity index (χ0v) is 13.5. The van der Waals surface area contributed by atoms with Crippen molar-refractivity contribution in [3.63, 3.8) is 0 Å². The van der Waals surface area contributed by atoms with Gasteiger partial charge in [-0.05, 0) is 41.4 Å². The number of amides is 1. The third-order valence-electron chi connectivity index (χ3n) is 3.52. The van der Waals surface area contributed by atoms with Crippen LogP contribution in [0.3, 0.4) is 0 Å². The molecule has 0 bridgehead atoms. The molecule has 5 heteroatoms. The summed E-state index contributed by atoms with van der Waals surface area (Å²) in [7, 11) is 0. The molecule has 0 saturated heterocycles. The molecule has 116 valence electrons. The summed E-state index contributed by atoms with van der Waals surface area (Å²) in [5.41, 5.74) is 2.42. The monoisotopic (exact) mass is 324 g/mol. The van der Waals surface area contributed by atoms with Crippen LogP contribution in [0.4, 0.5) is 5.69 Å². The van der Waals surface area contributed by atoms with Gasteiger partial charge in [-0.1, -0.05) is 18.2 Å². The summed E-state index contributed by atoms with van der Waals surface area (Å²) in [4.78, 5) is 29.6. The number of nitrogens with zero attached hydrogens (tertiary/aromatic N) is 1. The normalized spacial score (nSPS) is 10.5. The Balaban J connectivity index is 2.00. The number of rotatable bonds is 4. The molecule has 0 aliphatic rings. The molecule has 2 heterocycles. The van der Waals surface area contributed by atoms with E-state index < -0.39 is 0 Å². The predicted molar refractivity (Wildman–Crippen MR) is 93.1 cm³/mol. The van der Waals surface area contributed by atoms with Gasteiger partial charge in [-0.3, -0.25) is 9.59 Å². The Hall–Kier alpha value is -2.66. The first-order valence-corrected chi connectivity index (χ1v) is 8.17. The van der Waals surface area contributed by atoms with Crippen molar-refractivity contribution in [3.8, 4) is 0 Å². The number of H-pyrrole nitrogens is 1. The number of hydrogen-bond acceptors (Lipinski definition) is 3. The van der Waals surface area contributed by atoms with E-state index in [2.05, 4.69) is 4.98 Å². The van der Waals surface area contributed by atoms with Crippen LogP contribution in [0.15, 0.2) is 64.2 Å². The van der Waals surface area contributed by atoms with Gasteiger partial charge in [0.2, 0.25) is 0 Å². The van der Waals surface area contributed by atoms with Crippen LogP contribution in [0.25, 0.3) is 0 Å². The van der Waals surface area contributed by atoms with Crippen LogP contribution in [0.2, 0.25) is 0 Å². The Labute approximate surface area is 138 Å². The van der Waals surface area contributed by atoms with E-state index in [9.17, 15) is 9.59 Å². The van der Waals surface area contributed by atoms with E-state index in [1.165, 1.54) is 12.3 Å². The van der Waals surface area contributed by atoms with E-state index in [-0.39, 0.29) is 16.9 Å². The van der Waals surface area contributed by atoms with Crippen molar-refractivity contribution in [2.24, 2.45) is 0 Å². The second-order valence-corrected chi connectivity index (χ2v) is 6.03. The van der Waals surface area contributed by atoms with Gasteiger partial charge in [0, 0.05) is 23.6 Å². The molecule has 3 aromatic rings. The Morgan fingerprint density at radius 2 is 2.00 bits per heavy atom. The van der Waals surface area contributed by atoms with Crippen molar-refractivity contribution in [2.45, 2.75) is 13.5 Å². The van der Waals surface area contributed by atoms with Crippen molar-refractivity contribution >= 4 is 22.9 Å².